The summed E-state index contributed by atoms with van der Waals surface area (Å²) in [6.07, 6.45) is 0.532. The maximum Gasteiger partial charge on any atom is 0.255 e. The number of halogens is 2. The van der Waals surface area contributed by atoms with E-state index in [1.807, 2.05) is 49.4 Å². The van der Waals surface area contributed by atoms with Gasteiger partial charge in [-0.3, -0.25) is 4.79 Å². The van der Waals surface area contributed by atoms with Crippen molar-refractivity contribution in [3.8, 4) is 0 Å². The van der Waals surface area contributed by atoms with E-state index in [0.29, 0.717) is 33.6 Å². The number of rotatable bonds is 4. The van der Waals surface area contributed by atoms with Crippen LogP contribution in [0.4, 0.5) is 5.69 Å². The second-order valence-corrected chi connectivity index (χ2v) is 7.35. The van der Waals surface area contributed by atoms with Crippen LogP contribution in [0.1, 0.15) is 27.4 Å². The minimum Gasteiger partial charge on any atom is -0.440 e. The Morgan fingerprint density at radius 3 is 2.71 bits per heavy atom. The second-order valence-electron chi connectivity index (χ2n) is 6.54. The zero-order valence-corrected chi connectivity index (χ0v) is 16.5. The second kappa shape index (κ2) is 7.66. The molecule has 0 radical (unpaired) electrons. The summed E-state index contributed by atoms with van der Waals surface area (Å²) in [5.41, 5.74) is 4.85. The summed E-state index contributed by atoms with van der Waals surface area (Å²) in [7, 11) is 0. The van der Waals surface area contributed by atoms with E-state index in [1.54, 1.807) is 18.2 Å². The molecule has 0 saturated heterocycles. The molecule has 4 nitrogen and oxygen atoms in total. The summed E-state index contributed by atoms with van der Waals surface area (Å²) in [4.78, 5) is 17.0. The van der Waals surface area contributed by atoms with Gasteiger partial charge < -0.3 is 9.73 Å². The van der Waals surface area contributed by atoms with Crippen LogP contribution in [-0.2, 0) is 6.42 Å². The average Bonchev–Trinajstić information content (AvgIpc) is 3.05. The molecule has 140 valence electrons. The van der Waals surface area contributed by atoms with Crippen LogP contribution < -0.4 is 5.32 Å². The molecule has 28 heavy (non-hydrogen) atoms. The van der Waals surface area contributed by atoms with Crippen LogP contribution in [0.15, 0.2) is 65.1 Å². The van der Waals surface area contributed by atoms with Gasteiger partial charge in [0.2, 0.25) is 0 Å². The molecule has 0 unspecified atom stereocenters. The summed E-state index contributed by atoms with van der Waals surface area (Å²) in [6, 6.07) is 18.3. The van der Waals surface area contributed by atoms with Crippen molar-refractivity contribution in [3.63, 3.8) is 0 Å². The smallest absolute Gasteiger partial charge is 0.255 e. The van der Waals surface area contributed by atoms with E-state index in [-0.39, 0.29) is 5.91 Å². The largest absolute Gasteiger partial charge is 0.440 e. The number of benzene rings is 3. The number of aromatic nitrogens is 1. The molecule has 3 aromatic carbocycles. The van der Waals surface area contributed by atoms with Gasteiger partial charge in [-0.1, -0.05) is 41.4 Å². The van der Waals surface area contributed by atoms with Gasteiger partial charge in [0.25, 0.3) is 5.91 Å². The van der Waals surface area contributed by atoms with Crippen LogP contribution in [0.2, 0.25) is 10.0 Å². The highest BCUT2D eigenvalue weighted by Crippen LogP contribution is 2.24. The highest BCUT2D eigenvalue weighted by Gasteiger charge is 2.10. The molecule has 0 aliphatic rings. The quantitative estimate of drug-likeness (QED) is 0.430. The van der Waals surface area contributed by atoms with E-state index < -0.39 is 0 Å². The molecular formula is C22H16Cl2N2O2. The van der Waals surface area contributed by atoms with Crippen molar-refractivity contribution in [3.05, 3.63) is 93.3 Å². The number of carbonyl (C=O) groups is 1. The fraction of sp³-hybridized carbons (Fsp3) is 0.0909. The third kappa shape index (κ3) is 4.03. The van der Waals surface area contributed by atoms with E-state index in [2.05, 4.69) is 10.3 Å². The topological polar surface area (TPSA) is 55.1 Å². The van der Waals surface area contributed by atoms with Crippen LogP contribution in [0.5, 0.6) is 0 Å². The molecule has 4 aromatic rings. The SMILES string of the molecule is Cc1ccc2oc(Cc3cccc(NC(=O)c4ccc(Cl)c(Cl)c4)c3)nc2c1. The van der Waals surface area contributed by atoms with Crippen molar-refractivity contribution in [2.24, 2.45) is 0 Å². The first-order valence-corrected chi connectivity index (χ1v) is 9.45. The molecule has 1 aromatic heterocycles. The zero-order valence-electron chi connectivity index (χ0n) is 15.0. The minimum atomic E-state index is -0.256. The summed E-state index contributed by atoms with van der Waals surface area (Å²) < 4.78 is 5.82. The van der Waals surface area contributed by atoms with Gasteiger partial charge in [0.15, 0.2) is 11.5 Å². The van der Waals surface area contributed by atoms with Crippen LogP contribution in [0.3, 0.4) is 0 Å². The van der Waals surface area contributed by atoms with Crippen LogP contribution >= 0.6 is 23.2 Å². The fourth-order valence-electron chi connectivity index (χ4n) is 2.94. The third-order valence-electron chi connectivity index (χ3n) is 4.31. The fourth-order valence-corrected chi connectivity index (χ4v) is 3.23. The Morgan fingerprint density at radius 1 is 1.04 bits per heavy atom. The molecule has 0 aliphatic carbocycles. The number of fused-ring (bicyclic) bond motifs is 1. The number of nitrogens with zero attached hydrogens (tertiary/aromatic N) is 1. The molecule has 1 amide bonds. The zero-order chi connectivity index (χ0) is 19.7. The Bertz CT molecular complexity index is 1180. The number of anilines is 1. The van der Waals surface area contributed by atoms with E-state index >= 15 is 0 Å². The number of carbonyl (C=O) groups excluding carboxylic acids is 1. The average molecular weight is 411 g/mol. The molecule has 6 heteroatoms. The number of hydrogen-bond acceptors (Lipinski definition) is 3. The lowest BCUT2D eigenvalue weighted by Crippen LogP contribution is -2.12. The van der Waals surface area contributed by atoms with Crippen LogP contribution in [0, 0.1) is 6.92 Å². The van der Waals surface area contributed by atoms with Gasteiger partial charge in [0.05, 0.1) is 10.0 Å². The van der Waals surface area contributed by atoms with Gasteiger partial charge in [-0.15, -0.1) is 0 Å². The monoisotopic (exact) mass is 410 g/mol. The predicted octanol–water partition coefficient (Wildman–Crippen LogP) is 6.29. The van der Waals surface area contributed by atoms with Gasteiger partial charge >= 0.3 is 0 Å². The van der Waals surface area contributed by atoms with Crippen LogP contribution in [0.25, 0.3) is 11.1 Å². The van der Waals surface area contributed by atoms with Gasteiger partial charge in [0.1, 0.15) is 5.52 Å². The number of hydrogen-bond donors (Lipinski definition) is 1. The molecule has 4 rings (SSSR count). The Balaban J connectivity index is 1.51. The number of oxazole rings is 1. The molecule has 0 fully saturated rings. The molecule has 0 spiro atoms. The molecule has 1 N–H and O–H groups in total. The van der Waals surface area contributed by atoms with Gasteiger partial charge in [-0.05, 0) is 60.5 Å². The van der Waals surface area contributed by atoms with Crippen LogP contribution in [-0.4, -0.2) is 10.9 Å². The van der Waals surface area contributed by atoms with Crippen molar-refractivity contribution >= 4 is 45.9 Å². The highest BCUT2D eigenvalue weighted by atomic mass is 35.5. The molecule has 0 aliphatic heterocycles. The minimum absolute atomic E-state index is 0.256. The standard InChI is InChI=1S/C22H16Cl2N2O2/c1-13-5-8-20-19(9-13)26-21(28-20)11-14-3-2-4-16(10-14)25-22(27)15-6-7-17(23)18(24)12-15/h2-10,12H,11H2,1H3,(H,25,27). The highest BCUT2D eigenvalue weighted by molar-refractivity contribution is 6.42. The first-order chi connectivity index (χ1) is 13.5. The lowest BCUT2D eigenvalue weighted by Gasteiger charge is -2.07. The first-order valence-electron chi connectivity index (χ1n) is 8.69. The first kappa shape index (κ1) is 18.5. The Kier molecular flexibility index (Phi) is 5.07. The predicted molar refractivity (Wildman–Crippen MR) is 112 cm³/mol. The Labute approximate surface area is 172 Å². The lowest BCUT2D eigenvalue weighted by atomic mass is 10.1. The van der Waals surface area contributed by atoms with E-state index in [9.17, 15) is 4.79 Å². The lowest BCUT2D eigenvalue weighted by molar-refractivity contribution is 0.102. The Morgan fingerprint density at radius 2 is 1.89 bits per heavy atom. The maximum absolute atomic E-state index is 12.5. The number of amides is 1. The molecule has 0 atom stereocenters. The summed E-state index contributed by atoms with van der Waals surface area (Å²) in [5.74, 6) is 0.376. The van der Waals surface area contributed by atoms with Gasteiger partial charge in [-0.2, -0.15) is 0 Å². The number of nitrogens with one attached hydrogen (secondary N) is 1. The molecule has 1 heterocycles. The van der Waals surface area contributed by atoms with Crippen molar-refractivity contribution < 1.29 is 9.21 Å². The molecule has 0 bridgehead atoms. The summed E-state index contributed by atoms with van der Waals surface area (Å²) in [6.45, 7) is 2.02. The van der Waals surface area contributed by atoms with E-state index in [1.165, 1.54) is 0 Å². The van der Waals surface area contributed by atoms with E-state index in [4.69, 9.17) is 27.6 Å². The maximum atomic E-state index is 12.5. The number of aryl methyl sites for hydroxylation is 1. The van der Waals surface area contributed by atoms with Crippen molar-refractivity contribution in [2.45, 2.75) is 13.3 Å². The summed E-state index contributed by atoms with van der Waals surface area (Å²) >= 11 is 11.9. The van der Waals surface area contributed by atoms with Crippen molar-refractivity contribution in [1.82, 2.24) is 4.98 Å². The normalized spacial score (nSPS) is 11.0. The van der Waals surface area contributed by atoms with E-state index in [0.717, 1.165) is 22.2 Å². The Hall–Kier alpha value is -2.82. The molecule has 0 saturated carbocycles. The van der Waals surface area contributed by atoms with Crippen molar-refractivity contribution in [1.29, 1.82) is 0 Å². The van der Waals surface area contributed by atoms with Gasteiger partial charge in [0, 0.05) is 17.7 Å². The van der Waals surface area contributed by atoms with Gasteiger partial charge in [-0.25, -0.2) is 4.98 Å². The third-order valence-corrected chi connectivity index (χ3v) is 5.05. The molecular weight excluding hydrogens is 395 g/mol. The van der Waals surface area contributed by atoms with Crippen molar-refractivity contribution in [2.75, 3.05) is 5.32 Å². The summed E-state index contributed by atoms with van der Waals surface area (Å²) in [5, 5.41) is 3.63.